The SMILES string of the molecule is CCOc1cc(/C=C2\N=C(c3ccccc3F)OC2=O)cc(Br)c1OC(=O)c1ccc(Cl)cc1. The van der Waals surface area contributed by atoms with E-state index >= 15 is 0 Å². The normalized spacial score (nSPS) is 14.1. The number of benzene rings is 3. The zero-order valence-electron chi connectivity index (χ0n) is 17.7. The highest BCUT2D eigenvalue weighted by Gasteiger charge is 2.26. The summed E-state index contributed by atoms with van der Waals surface area (Å²) in [4.78, 5) is 29.0. The topological polar surface area (TPSA) is 74.2 Å². The van der Waals surface area contributed by atoms with E-state index in [1.807, 2.05) is 0 Å². The van der Waals surface area contributed by atoms with Crippen LogP contribution in [0.5, 0.6) is 11.5 Å². The second-order valence-corrected chi connectivity index (χ2v) is 8.27. The van der Waals surface area contributed by atoms with Gasteiger partial charge in [-0.1, -0.05) is 23.7 Å². The molecule has 0 fully saturated rings. The molecule has 1 aliphatic rings. The largest absolute Gasteiger partial charge is 0.490 e. The van der Waals surface area contributed by atoms with E-state index in [0.29, 0.717) is 27.2 Å². The molecular weight excluding hydrogens is 529 g/mol. The lowest BCUT2D eigenvalue weighted by Crippen LogP contribution is -2.10. The Labute approximate surface area is 207 Å². The van der Waals surface area contributed by atoms with Gasteiger partial charge in [-0.15, -0.1) is 0 Å². The molecule has 3 aromatic carbocycles. The maximum absolute atomic E-state index is 14.0. The molecular formula is C25H16BrClFNO5. The van der Waals surface area contributed by atoms with Crippen LogP contribution in [-0.4, -0.2) is 24.4 Å². The van der Waals surface area contributed by atoms with E-state index in [4.69, 9.17) is 25.8 Å². The van der Waals surface area contributed by atoms with Gasteiger partial charge in [0.2, 0.25) is 5.90 Å². The van der Waals surface area contributed by atoms with Gasteiger partial charge >= 0.3 is 11.9 Å². The number of esters is 2. The number of nitrogens with zero attached hydrogens (tertiary/aromatic N) is 1. The maximum atomic E-state index is 14.0. The first kappa shape index (κ1) is 23.7. The molecule has 0 spiro atoms. The van der Waals surface area contributed by atoms with Crippen LogP contribution >= 0.6 is 27.5 Å². The fourth-order valence-electron chi connectivity index (χ4n) is 3.09. The molecule has 1 heterocycles. The summed E-state index contributed by atoms with van der Waals surface area (Å²) < 4.78 is 30.8. The molecule has 0 saturated carbocycles. The number of rotatable bonds is 6. The number of cyclic esters (lactones) is 1. The highest BCUT2D eigenvalue weighted by molar-refractivity contribution is 9.10. The van der Waals surface area contributed by atoms with Gasteiger partial charge in [-0.3, -0.25) is 0 Å². The monoisotopic (exact) mass is 543 g/mol. The molecule has 0 unspecified atom stereocenters. The highest BCUT2D eigenvalue weighted by atomic mass is 79.9. The van der Waals surface area contributed by atoms with Gasteiger partial charge in [-0.2, -0.15) is 0 Å². The molecule has 6 nitrogen and oxygen atoms in total. The molecule has 34 heavy (non-hydrogen) atoms. The molecule has 172 valence electrons. The van der Waals surface area contributed by atoms with Gasteiger partial charge in [-0.05, 0) is 83.0 Å². The third-order valence-electron chi connectivity index (χ3n) is 4.63. The van der Waals surface area contributed by atoms with Crippen molar-refractivity contribution < 1.29 is 28.2 Å². The van der Waals surface area contributed by atoms with Crippen molar-refractivity contribution in [3.8, 4) is 11.5 Å². The molecule has 0 bridgehead atoms. The summed E-state index contributed by atoms with van der Waals surface area (Å²) in [5.74, 6) is -1.53. The fraction of sp³-hybridized carbons (Fsp3) is 0.0800. The first-order valence-corrected chi connectivity index (χ1v) is 11.2. The Bertz CT molecular complexity index is 1340. The number of halogens is 3. The number of aliphatic imine (C=N–C) groups is 1. The van der Waals surface area contributed by atoms with E-state index < -0.39 is 17.8 Å². The number of hydrogen-bond acceptors (Lipinski definition) is 6. The number of ether oxygens (including phenoxy) is 3. The van der Waals surface area contributed by atoms with Gasteiger partial charge in [0, 0.05) is 5.02 Å². The van der Waals surface area contributed by atoms with Crippen molar-refractivity contribution in [2.24, 2.45) is 4.99 Å². The van der Waals surface area contributed by atoms with Gasteiger partial charge in [0.15, 0.2) is 17.2 Å². The van der Waals surface area contributed by atoms with Gasteiger partial charge in [0.1, 0.15) is 5.82 Å². The molecule has 0 amide bonds. The summed E-state index contributed by atoms with van der Waals surface area (Å²) in [5.41, 5.74) is 0.902. The summed E-state index contributed by atoms with van der Waals surface area (Å²) in [6.07, 6.45) is 1.47. The summed E-state index contributed by atoms with van der Waals surface area (Å²) in [6.45, 7) is 2.08. The van der Waals surface area contributed by atoms with E-state index in [1.54, 1.807) is 49.4 Å². The Balaban J connectivity index is 1.65. The van der Waals surface area contributed by atoms with Crippen molar-refractivity contribution >= 4 is 51.4 Å². The molecule has 9 heteroatoms. The lowest BCUT2D eigenvalue weighted by molar-refractivity contribution is -0.129. The Morgan fingerprint density at radius 3 is 2.62 bits per heavy atom. The lowest BCUT2D eigenvalue weighted by Gasteiger charge is -2.13. The summed E-state index contributed by atoms with van der Waals surface area (Å²) >= 11 is 9.27. The molecule has 0 aliphatic carbocycles. The van der Waals surface area contributed by atoms with E-state index in [9.17, 15) is 14.0 Å². The van der Waals surface area contributed by atoms with Crippen LogP contribution in [0.15, 0.2) is 75.8 Å². The Kier molecular flexibility index (Phi) is 7.09. The van der Waals surface area contributed by atoms with Crippen LogP contribution in [0.4, 0.5) is 4.39 Å². The third kappa shape index (κ3) is 5.18. The van der Waals surface area contributed by atoms with Gasteiger partial charge in [0.25, 0.3) is 0 Å². The molecule has 0 atom stereocenters. The van der Waals surface area contributed by atoms with Gasteiger partial charge in [-0.25, -0.2) is 19.0 Å². The predicted molar refractivity (Wildman–Crippen MR) is 129 cm³/mol. The smallest absolute Gasteiger partial charge is 0.363 e. The Hall–Kier alpha value is -3.49. The highest BCUT2D eigenvalue weighted by Crippen LogP contribution is 2.38. The summed E-state index contributed by atoms with van der Waals surface area (Å²) in [7, 11) is 0. The van der Waals surface area contributed by atoms with Crippen LogP contribution in [0.3, 0.4) is 0 Å². The van der Waals surface area contributed by atoms with Crippen molar-refractivity contribution in [1.29, 1.82) is 0 Å². The Morgan fingerprint density at radius 2 is 1.91 bits per heavy atom. The Morgan fingerprint density at radius 1 is 1.18 bits per heavy atom. The molecule has 4 rings (SSSR count). The zero-order valence-corrected chi connectivity index (χ0v) is 20.0. The van der Waals surface area contributed by atoms with Crippen LogP contribution in [0.25, 0.3) is 6.08 Å². The van der Waals surface area contributed by atoms with Crippen molar-refractivity contribution in [2.75, 3.05) is 6.61 Å². The van der Waals surface area contributed by atoms with Crippen LogP contribution < -0.4 is 9.47 Å². The van der Waals surface area contributed by atoms with Gasteiger partial charge in [0.05, 0.1) is 22.2 Å². The minimum atomic E-state index is -0.717. The first-order valence-electron chi connectivity index (χ1n) is 10.1. The number of carbonyl (C=O) groups excluding carboxylic acids is 2. The van der Waals surface area contributed by atoms with Crippen LogP contribution in [0.1, 0.15) is 28.4 Å². The number of carbonyl (C=O) groups is 2. The maximum Gasteiger partial charge on any atom is 0.363 e. The van der Waals surface area contributed by atoms with E-state index in [2.05, 4.69) is 20.9 Å². The second kappa shape index (κ2) is 10.2. The standard InChI is InChI=1S/C25H16BrClFNO5/c1-2-32-21-13-14(11-18(26)22(21)33-24(30)15-7-9-16(27)10-8-15)12-20-25(31)34-23(29-20)17-5-3-4-6-19(17)28/h3-13H,2H2,1H3/b20-12-. The second-order valence-electron chi connectivity index (χ2n) is 6.98. The first-order chi connectivity index (χ1) is 16.4. The van der Waals surface area contributed by atoms with Crippen molar-refractivity contribution in [3.63, 3.8) is 0 Å². The third-order valence-corrected chi connectivity index (χ3v) is 5.48. The molecule has 3 aromatic rings. The molecule has 0 saturated heterocycles. The van der Waals surface area contributed by atoms with Gasteiger partial charge < -0.3 is 14.2 Å². The minimum Gasteiger partial charge on any atom is -0.490 e. The summed E-state index contributed by atoms with van der Waals surface area (Å²) in [5, 5.41) is 0.497. The molecule has 1 aliphatic heterocycles. The number of hydrogen-bond donors (Lipinski definition) is 0. The van der Waals surface area contributed by atoms with E-state index in [-0.39, 0.29) is 28.7 Å². The van der Waals surface area contributed by atoms with Crippen molar-refractivity contribution in [3.05, 3.63) is 98.4 Å². The van der Waals surface area contributed by atoms with E-state index in [1.165, 1.54) is 24.3 Å². The van der Waals surface area contributed by atoms with Crippen LogP contribution in [-0.2, 0) is 9.53 Å². The molecule has 0 radical (unpaired) electrons. The fourth-order valence-corrected chi connectivity index (χ4v) is 3.75. The average Bonchev–Trinajstić information content (AvgIpc) is 3.16. The molecule has 0 aromatic heterocycles. The van der Waals surface area contributed by atoms with Crippen LogP contribution in [0.2, 0.25) is 5.02 Å². The zero-order chi connectivity index (χ0) is 24.2. The van der Waals surface area contributed by atoms with Crippen LogP contribution in [0, 0.1) is 5.82 Å². The lowest BCUT2D eigenvalue weighted by atomic mass is 10.1. The summed E-state index contributed by atoms with van der Waals surface area (Å²) in [6, 6.07) is 15.4. The predicted octanol–water partition coefficient (Wildman–Crippen LogP) is 6.20. The molecule has 0 N–H and O–H groups in total. The van der Waals surface area contributed by atoms with E-state index in [0.717, 1.165) is 0 Å². The van der Waals surface area contributed by atoms with Crippen molar-refractivity contribution in [1.82, 2.24) is 0 Å². The quantitative estimate of drug-likeness (QED) is 0.210. The van der Waals surface area contributed by atoms with Crippen molar-refractivity contribution in [2.45, 2.75) is 6.92 Å². The average molecular weight is 545 g/mol. The minimum absolute atomic E-state index is 0.0153.